The minimum absolute atomic E-state index is 0.00943. The molecular weight excluding hydrogens is 431 g/mol. The van der Waals surface area contributed by atoms with Crippen LogP contribution in [0.15, 0.2) is 67.4 Å². The Kier molecular flexibility index (Phi) is 6.12. The number of nitrogens with zero attached hydrogens (tertiary/aromatic N) is 6. The summed E-state index contributed by atoms with van der Waals surface area (Å²) in [6.07, 6.45) is 10.8. The largest absolute Gasteiger partial charge is 0.339 e. The number of amides is 1. The number of aromatic nitrogens is 5. The molecule has 34 heavy (non-hydrogen) atoms. The first-order chi connectivity index (χ1) is 16.6. The summed E-state index contributed by atoms with van der Waals surface area (Å²) in [5.74, 6) is 0.723. The molecular formula is C26H25FN6O. The first-order valence-corrected chi connectivity index (χ1v) is 11.4. The summed E-state index contributed by atoms with van der Waals surface area (Å²) in [4.78, 5) is 33.1. The van der Waals surface area contributed by atoms with E-state index in [1.54, 1.807) is 43.0 Å². The minimum Gasteiger partial charge on any atom is -0.339 e. The van der Waals surface area contributed by atoms with E-state index in [1.165, 1.54) is 12.1 Å². The lowest BCUT2D eigenvalue weighted by Crippen LogP contribution is -2.38. The van der Waals surface area contributed by atoms with Gasteiger partial charge in [0.25, 0.3) is 5.91 Å². The molecule has 0 atom stereocenters. The number of aryl methyl sites for hydroxylation is 1. The Morgan fingerprint density at radius 2 is 1.82 bits per heavy atom. The van der Waals surface area contributed by atoms with Gasteiger partial charge in [-0.1, -0.05) is 12.1 Å². The van der Waals surface area contributed by atoms with E-state index in [0.29, 0.717) is 25.1 Å². The van der Waals surface area contributed by atoms with Gasteiger partial charge in [0, 0.05) is 74.7 Å². The van der Waals surface area contributed by atoms with Gasteiger partial charge in [-0.25, -0.2) is 14.4 Å². The molecule has 0 bridgehead atoms. The summed E-state index contributed by atoms with van der Waals surface area (Å²) < 4.78 is 15.4. The lowest BCUT2D eigenvalue weighted by Gasteiger charge is -2.32. The molecule has 4 aromatic rings. The van der Waals surface area contributed by atoms with Crippen molar-refractivity contribution < 1.29 is 9.18 Å². The summed E-state index contributed by atoms with van der Waals surface area (Å²) in [6.45, 7) is 1.28. The van der Waals surface area contributed by atoms with Gasteiger partial charge in [0.1, 0.15) is 11.5 Å². The number of hydrogen-bond donors (Lipinski definition) is 0. The van der Waals surface area contributed by atoms with Crippen LogP contribution >= 0.6 is 0 Å². The molecule has 0 unspecified atom stereocenters. The Balaban J connectivity index is 1.27. The zero-order chi connectivity index (χ0) is 23.5. The van der Waals surface area contributed by atoms with Crippen LogP contribution in [-0.4, -0.2) is 48.4 Å². The normalized spacial score (nSPS) is 14.4. The minimum atomic E-state index is -0.276. The monoisotopic (exact) mass is 456 g/mol. The van der Waals surface area contributed by atoms with Gasteiger partial charge in [-0.15, -0.1) is 0 Å². The SMILES string of the molecule is Cn1ccnc1-c1nccnc1C1CCN(C(=O)c2ccnc(Cc3cccc(F)c3)c2)CC1. The fraction of sp³-hybridized carbons (Fsp3) is 0.269. The highest BCUT2D eigenvalue weighted by Gasteiger charge is 2.28. The fourth-order valence-electron chi connectivity index (χ4n) is 4.52. The Hall–Kier alpha value is -3.94. The van der Waals surface area contributed by atoms with Crippen molar-refractivity contribution in [3.8, 4) is 11.5 Å². The van der Waals surface area contributed by atoms with Gasteiger partial charge in [0.15, 0.2) is 5.82 Å². The lowest BCUT2D eigenvalue weighted by molar-refractivity contribution is 0.0712. The van der Waals surface area contributed by atoms with Crippen molar-refractivity contribution in [2.24, 2.45) is 7.05 Å². The Morgan fingerprint density at radius 3 is 2.59 bits per heavy atom. The maximum atomic E-state index is 13.5. The second-order valence-corrected chi connectivity index (χ2v) is 8.56. The van der Waals surface area contributed by atoms with E-state index in [1.807, 2.05) is 28.8 Å². The number of carbonyl (C=O) groups is 1. The van der Waals surface area contributed by atoms with Crippen molar-refractivity contribution in [3.05, 3.63) is 95.7 Å². The number of carbonyl (C=O) groups excluding carboxylic acids is 1. The molecule has 1 aromatic carbocycles. The Bertz CT molecular complexity index is 1310. The molecule has 8 heteroatoms. The molecule has 0 aliphatic carbocycles. The number of likely N-dealkylation sites (tertiary alicyclic amines) is 1. The predicted octanol–water partition coefficient (Wildman–Crippen LogP) is 4.02. The summed E-state index contributed by atoms with van der Waals surface area (Å²) in [5, 5.41) is 0. The van der Waals surface area contributed by atoms with Crippen LogP contribution in [0.1, 0.15) is 46.1 Å². The number of imidazole rings is 1. The lowest BCUT2D eigenvalue weighted by atomic mass is 9.91. The predicted molar refractivity (Wildman–Crippen MR) is 126 cm³/mol. The third kappa shape index (κ3) is 4.57. The molecule has 0 radical (unpaired) electrons. The number of halogens is 1. The average molecular weight is 457 g/mol. The molecule has 1 aliphatic rings. The standard InChI is InChI=1S/C26H25FN6O/c1-32-14-11-31-25(32)24-23(29-9-10-30-24)19-6-12-33(13-7-19)26(34)20-5-8-28-22(17-20)16-18-3-2-4-21(27)15-18/h2-5,8-11,14-15,17,19H,6-7,12-13,16H2,1H3. The van der Waals surface area contributed by atoms with Gasteiger partial charge >= 0.3 is 0 Å². The maximum absolute atomic E-state index is 13.5. The van der Waals surface area contributed by atoms with Crippen LogP contribution in [0.5, 0.6) is 0 Å². The molecule has 1 aliphatic heterocycles. The molecule has 1 fully saturated rings. The number of benzene rings is 1. The van der Waals surface area contributed by atoms with E-state index >= 15 is 0 Å². The molecule has 4 heterocycles. The van der Waals surface area contributed by atoms with E-state index in [4.69, 9.17) is 0 Å². The zero-order valence-electron chi connectivity index (χ0n) is 18.9. The van der Waals surface area contributed by atoms with Crippen molar-refractivity contribution in [2.45, 2.75) is 25.2 Å². The summed E-state index contributed by atoms with van der Waals surface area (Å²) in [5.41, 5.74) is 3.91. The Labute approximate surface area is 197 Å². The van der Waals surface area contributed by atoms with Crippen LogP contribution in [0.4, 0.5) is 4.39 Å². The number of hydrogen-bond acceptors (Lipinski definition) is 5. The summed E-state index contributed by atoms with van der Waals surface area (Å²) >= 11 is 0. The zero-order valence-corrected chi connectivity index (χ0v) is 18.9. The fourth-order valence-corrected chi connectivity index (χ4v) is 4.52. The van der Waals surface area contributed by atoms with Gasteiger partial charge in [-0.2, -0.15) is 0 Å². The third-order valence-corrected chi connectivity index (χ3v) is 6.27. The van der Waals surface area contributed by atoms with Crippen LogP contribution in [0.2, 0.25) is 0 Å². The number of piperidine rings is 1. The molecule has 172 valence electrons. The second kappa shape index (κ2) is 9.51. The van der Waals surface area contributed by atoms with Gasteiger partial charge in [-0.05, 0) is 42.7 Å². The van der Waals surface area contributed by atoms with E-state index in [-0.39, 0.29) is 17.6 Å². The van der Waals surface area contributed by atoms with Gasteiger partial charge in [-0.3, -0.25) is 14.8 Å². The van der Waals surface area contributed by atoms with E-state index in [9.17, 15) is 9.18 Å². The van der Waals surface area contributed by atoms with Gasteiger partial charge in [0.05, 0.1) is 5.69 Å². The smallest absolute Gasteiger partial charge is 0.253 e. The van der Waals surface area contributed by atoms with E-state index in [0.717, 1.165) is 41.3 Å². The molecule has 1 saturated heterocycles. The number of rotatable bonds is 5. The van der Waals surface area contributed by atoms with Gasteiger partial charge < -0.3 is 9.47 Å². The molecule has 0 spiro atoms. The third-order valence-electron chi connectivity index (χ3n) is 6.27. The first kappa shape index (κ1) is 21.9. The quantitative estimate of drug-likeness (QED) is 0.453. The van der Waals surface area contributed by atoms with Crippen molar-refractivity contribution in [1.82, 2.24) is 29.4 Å². The molecule has 7 nitrogen and oxygen atoms in total. The molecule has 3 aromatic heterocycles. The first-order valence-electron chi connectivity index (χ1n) is 11.4. The summed E-state index contributed by atoms with van der Waals surface area (Å²) in [7, 11) is 1.94. The van der Waals surface area contributed by atoms with Crippen molar-refractivity contribution in [1.29, 1.82) is 0 Å². The van der Waals surface area contributed by atoms with Crippen LogP contribution in [-0.2, 0) is 13.5 Å². The summed E-state index contributed by atoms with van der Waals surface area (Å²) in [6, 6.07) is 10.00. The average Bonchev–Trinajstić information content (AvgIpc) is 3.29. The van der Waals surface area contributed by atoms with Crippen LogP contribution in [0.25, 0.3) is 11.5 Å². The molecule has 0 saturated carbocycles. The van der Waals surface area contributed by atoms with Crippen molar-refractivity contribution >= 4 is 5.91 Å². The number of pyridine rings is 1. The van der Waals surface area contributed by atoms with Crippen LogP contribution < -0.4 is 0 Å². The topological polar surface area (TPSA) is 76.8 Å². The highest BCUT2D eigenvalue weighted by Crippen LogP contribution is 2.32. The van der Waals surface area contributed by atoms with Crippen molar-refractivity contribution in [3.63, 3.8) is 0 Å². The maximum Gasteiger partial charge on any atom is 0.253 e. The van der Waals surface area contributed by atoms with Crippen LogP contribution in [0, 0.1) is 5.82 Å². The van der Waals surface area contributed by atoms with E-state index in [2.05, 4.69) is 19.9 Å². The molecule has 1 amide bonds. The van der Waals surface area contributed by atoms with Crippen LogP contribution in [0.3, 0.4) is 0 Å². The van der Waals surface area contributed by atoms with Gasteiger partial charge in [0.2, 0.25) is 0 Å². The Morgan fingerprint density at radius 1 is 1.00 bits per heavy atom. The molecule has 5 rings (SSSR count). The highest BCUT2D eigenvalue weighted by molar-refractivity contribution is 5.94. The molecule has 0 N–H and O–H groups in total. The highest BCUT2D eigenvalue weighted by atomic mass is 19.1. The van der Waals surface area contributed by atoms with E-state index < -0.39 is 0 Å². The van der Waals surface area contributed by atoms with Crippen molar-refractivity contribution in [2.75, 3.05) is 13.1 Å². The second-order valence-electron chi connectivity index (χ2n) is 8.56.